The molecule has 0 aliphatic heterocycles. The number of imidazole rings is 1. The summed E-state index contributed by atoms with van der Waals surface area (Å²) < 4.78 is 16.3. The number of rotatable bonds is 4. The Morgan fingerprint density at radius 3 is 2.90 bits per heavy atom. The first-order valence-electron chi connectivity index (χ1n) is 6.40. The van der Waals surface area contributed by atoms with E-state index in [1.54, 1.807) is 17.4 Å². The normalized spacial score (nSPS) is 11.4. The summed E-state index contributed by atoms with van der Waals surface area (Å²) in [4.78, 5) is 9.95. The van der Waals surface area contributed by atoms with Crippen LogP contribution in [-0.4, -0.2) is 20.4 Å². The minimum atomic E-state index is -0.290. The van der Waals surface area contributed by atoms with Crippen molar-refractivity contribution in [1.82, 2.24) is 14.5 Å². The van der Waals surface area contributed by atoms with Crippen LogP contribution < -0.4 is 0 Å². The third-order valence-electron chi connectivity index (χ3n) is 3.17. The molecule has 0 saturated heterocycles. The molecule has 3 aromatic rings. The summed E-state index contributed by atoms with van der Waals surface area (Å²) in [6.45, 7) is 2.60. The van der Waals surface area contributed by atoms with E-state index in [2.05, 4.69) is 25.9 Å². The lowest BCUT2D eigenvalue weighted by molar-refractivity contribution is 0.621. The molecule has 0 fully saturated rings. The molecule has 2 aromatic heterocycles. The van der Waals surface area contributed by atoms with Crippen LogP contribution >= 0.6 is 38.9 Å². The van der Waals surface area contributed by atoms with Crippen LogP contribution in [0.4, 0.5) is 4.39 Å². The zero-order chi connectivity index (χ0) is 15.0. The van der Waals surface area contributed by atoms with Gasteiger partial charge in [-0.1, -0.05) is 0 Å². The zero-order valence-corrected chi connectivity index (χ0v) is 14.4. The molecule has 0 saturated carbocycles. The lowest BCUT2D eigenvalue weighted by Gasteiger charge is -2.07. The Balaban J connectivity index is 2.12. The maximum absolute atomic E-state index is 13.8. The van der Waals surface area contributed by atoms with Gasteiger partial charge in [0.2, 0.25) is 0 Å². The van der Waals surface area contributed by atoms with Crippen molar-refractivity contribution in [3.05, 3.63) is 44.3 Å². The minimum absolute atomic E-state index is 0.290. The van der Waals surface area contributed by atoms with Crippen LogP contribution in [0.15, 0.2) is 22.8 Å². The molecule has 0 N–H and O–H groups in total. The van der Waals surface area contributed by atoms with E-state index in [1.807, 2.05) is 17.7 Å². The summed E-state index contributed by atoms with van der Waals surface area (Å²) in [6, 6.07) is 3.22. The van der Waals surface area contributed by atoms with Gasteiger partial charge in [-0.25, -0.2) is 14.4 Å². The Labute approximate surface area is 138 Å². The number of hydrogen-bond acceptors (Lipinski definition) is 3. The van der Waals surface area contributed by atoms with Crippen molar-refractivity contribution in [3.8, 4) is 0 Å². The molecule has 3 nitrogen and oxygen atoms in total. The van der Waals surface area contributed by atoms with E-state index < -0.39 is 0 Å². The lowest BCUT2D eigenvalue weighted by Crippen LogP contribution is -2.05. The fourth-order valence-electron chi connectivity index (χ4n) is 2.26. The van der Waals surface area contributed by atoms with Crippen molar-refractivity contribution < 1.29 is 4.39 Å². The molecule has 2 heterocycles. The van der Waals surface area contributed by atoms with Crippen molar-refractivity contribution in [3.63, 3.8) is 0 Å². The molecular formula is C14H12BrClFN3S. The Bertz CT molecular complexity index is 799. The number of hydrogen-bond donors (Lipinski definition) is 0. The molecule has 110 valence electrons. The summed E-state index contributed by atoms with van der Waals surface area (Å²) in [5.74, 6) is 1.06. The van der Waals surface area contributed by atoms with Crippen LogP contribution in [0.2, 0.25) is 0 Å². The zero-order valence-electron chi connectivity index (χ0n) is 11.2. The van der Waals surface area contributed by atoms with Crippen LogP contribution in [0, 0.1) is 12.7 Å². The third-order valence-corrected chi connectivity index (χ3v) is 4.86. The van der Waals surface area contributed by atoms with Gasteiger partial charge in [-0.05, 0) is 28.9 Å². The molecule has 0 unspecified atom stereocenters. The maximum Gasteiger partial charge on any atom is 0.139 e. The molecule has 0 amide bonds. The molecule has 3 rings (SSSR count). The van der Waals surface area contributed by atoms with Crippen LogP contribution in [-0.2, 0) is 13.0 Å². The predicted octanol–water partition coefficient (Wildman–Crippen LogP) is 4.53. The van der Waals surface area contributed by atoms with Crippen molar-refractivity contribution in [1.29, 1.82) is 0 Å². The predicted molar refractivity (Wildman–Crippen MR) is 87.8 cm³/mol. The van der Waals surface area contributed by atoms with Gasteiger partial charge in [-0.3, -0.25) is 0 Å². The molecule has 0 radical (unpaired) electrons. The highest BCUT2D eigenvalue weighted by atomic mass is 79.9. The highest BCUT2D eigenvalue weighted by Gasteiger charge is 2.14. The Hall–Kier alpha value is -0.980. The fourth-order valence-corrected chi connectivity index (χ4v) is 3.54. The average molecular weight is 389 g/mol. The summed E-state index contributed by atoms with van der Waals surface area (Å²) in [7, 11) is 0. The first kappa shape index (κ1) is 14.9. The number of aryl methyl sites for hydroxylation is 2. The van der Waals surface area contributed by atoms with Gasteiger partial charge in [0.25, 0.3) is 0 Å². The largest absolute Gasteiger partial charge is 0.322 e. The molecule has 0 bridgehead atoms. The van der Waals surface area contributed by atoms with Crippen molar-refractivity contribution in [2.45, 2.75) is 19.9 Å². The van der Waals surface area contributed by atoms with Crippen LogP contribution in [0.25, 0.3) is 11.0 Å². The number of nitrogens with zero attached hydrogens (tertiary/aromatic N) is 3. The summed E-state index contributed by atoms with van der Waals surface area (Å²) in [5.41, 5.74) is 1.55. The molecule has 0 aliphatic carbocycles. The van der Waals surface area contributed by atoms with Gasteiger partial charge < -0.3 is 4.57 Å². The van der Waals surface area contributed by atoms with Crippen molar-refractivity contribution in [2.24, 2.45) is 0 Å². The second-order valence-corrected chi connectivity index (χ2v) is 7.21. The second kappa shape index (κ2) is 6.02. The van der Waals surface area contributed by atoms with E-state index in [0.29, 0.717) is 23.3 Å². The smallest absolute Gasteiger partial charge is 0.139 e. The average Bonchev–Trinajstić information content (AvgIpc) is 2.97. The van der Waals surface area contributed by atoms with Gasteiger partial charge >= 0.3 is 0 Å². The molecule has 0 spiro atoms. The van der Waals surface area contributed by atoms with Gasteiger partial charge in [0, 0.05) is 29.4 Å². The van der Waals surface area contributed by atoms with Crippen molar-refractivity contribution >= 4 is 49.9 Å². The van der Waals surface area contributed by atoms with E-state index in [4.69, 9.17) is 11.6 Å². The number of aromatic nitrogens is 3. The number of fused-ring (bicyclic) bond motifs is 1. The Kier molecular flexibility index (Phi) is 4.28. The summed E-state index contributed by atoms with van der Waals surface area (Å²) >= 11 is 10.7. The second-order valence-electron chi connectivity index (χ2n) is 4.65. The maximum atomic E-state index is 13.8. The molecule has 0 atom stereocenters. The first-order chi connectivity index (χ1) is 10.1. The van der Waals surface area contributed by atoms with Gasteiger partial charge in [-0.2, -0.15) is 0 Å². The molecule has 7 heteroatoms. The lowest BCUT2D eigenvalue weighted by atomic mass is 10.3. The Morgan fingerprint density at radius 2 is 2.24 bits per heavy atom. The monoisotopic (exact) mass is 387 g/mol. The highest BCUT2D eigenvalue weighted by Crippen LogP contribution is 2.26. The van der Waals surface area contributed by atoms with E-state index in [-0.39, 0.29) is 5.82 Å². The summed E-state index contributed by atoms with van der Waals surface area (Å²) in [5, 5.41) is 1.02. The fraction of sp³-hybridized carbons (Fsp3) is 0.286. The number of benzene rings is 1. The van der Waals surface area contributed by atoms with Gasteiger partial charge in [0.1, 0.15) is 11.6 Å². The SMILES string of the molecule is Cc1ncc(Cn2c(CCCl)nc3cc(Br)c(F)cc32)s1. The van der Waals surface area contributed by atoms with E-state index in [9.17, 15) is 4.39 Å². The standard InChI is InChI=1S/C14H12BrClFN3S/c1-8-18-6-9(21-8)7-20-13-5-11(17)10(15)4-12(13)19-14(20)2-3-16/h4-6H,2-3,7H2,1H3. The van der Waals surface area contributed by atoms with E-state index in [1.165, 1.54) is 6.07 Å². The van der Waals surface area contributed by atoms with Gasteiger partial charge in [-0.15, -0.1) is 22.9 Å². The number of alkyl halides is 1. The molecule has 0 aliphatic rings. The first-order valence-corrected chi connectivity index (χ1v) is 8.54. The highest BCUT2D eigenvalue weighted by molar-refractivity contribution is 9.10. The number of thiazole rings is 1. The molecule has 21 heavy (non-hydrogen) atoms. The molecular weight excluding hydrogens is 377 g/mol. The summed E-state index contributed by atoms with van der Waals surface area (Å²) in [6.07, 6.45) is 2.50. The number of halogens is 3. The molecule has 1 aromatic carbocycles. The van der Waals surface area contributed by atoms with Gasteiger partial charge in [0.15, 0.2) is 0 Å². The van der Waals surface area contributed by atoms with E-state index in [0.717, 1.165) is 26.7 Å². The van der Waals surface area contributed by atoms with Gasteiger partial charge in [0.05, 0.1) is 27.1 Å². The van der Waals surface area contributed by atoms with E-state index >= 15 is 0 Å². The van der Waals surface area contributed by atoms with Crippen molar-refractivity contribution in [2.75, 3.05) is 5.88 Å². The third kappa shape index (κ3) is 2.98. The topological polar surface area (TPSA) is 30.7 Å². The quantitative estimate of drug-likeness (QED) is 0.615. The van der Waals surface area contributed by atoms with Crippen LogP contribution in [0.5, 0.6) is 0 Å². The van der Waals surface area contributed by atoms with Crippen LogP contribution in [0.1, 0.15) is 15.7 Å². The Morgan fingerprint density at radius 1 is 1.43 bits per heavy atom. The van der Waals surface area contributed by atoms with Crippen LogP contribution in [0.3, 0.4) is 0 Å². The minimum Gasteiger partial charge on any atom is -0.322 e.